The van der Waals surface area contributed by atoms with Crippen molar-refractivity contribution in [3.8, 4) is 17.6 Å². The molecule has 0 atom stereocenters. The van der Waals surface area contributed by atoms with Crippen molar-refractivity contribution < 1.29 is 24.3 Å². The van der Waals surface area contributed by atoms with Gasteiger partial charge in [0.15, 0.2) is 0 Å². The Morgan fingerprint density at radius 1 is 1.00 bits per heavy atom. The minimum absolute atomic E-state index is 0.175. The van der Waals surface area contributed by atoms with Crippen molar-refractivity contribution in [1.29, 1.82) is 5.26 Å². The summed E-state index contributed by atoms with van der Waals surface area (Å²) in [5.41, 5.74) is 2.28. The van der Waals surface area contributed by atoms with Crippen LogP contribution in [0.25, 0.3) is 0 Å². The second kappa shape index (κ2) is 10.8. The molecule has 0 unspecified atom stereocenters. The zero-order chi connectivity index (χ0) is 22.9. The van der Waals surface area contributed by atoms with Crippen LogP contribution in [0.1, 0.15) is 27.0 Å². The predicted octanol–water partition coefficient (Wildman–Crippen LogP) is 4.22. The van der Waals surface area contributed by atoms with Crippen LogP contribution in [0.3, 0.4) is 0 Å². The Bertz CT molecular complexity index is 1120. The Kier molecular flexibility index (Phi) is 7.57. The van der Waals surface area contributed by atoms with E-state index < -0.39 is 5.97 Å². The Hall–Kier alpha value is -4.15. The number of ether oxygens (including phenoxy) is 1. The number of hydroxylamine groups is 2. The predicted molar refractivity (Wildman–Crippen MR) is 117 cm³/mol. The minimum Gasteiger partial charge on any atom is -0.481 e. The van der Waals surface area contributed by atoms with Crippen LogP contribution in [0.15, 0.2) is 72.8 Å². The molecule has 3 aromatic rings. The van der Waals surface area contributed by atoms with Gasteiger partial charge in [0.25, 0.3) is 5.91 Å². The van der Waals surface area contributed by atoms with Crippen LogP contribution in [0.4, 0.5) is 0 Å². The van der Waals surface area contributed by atoms with Gasteiger partial charge in [0.05, 0.1) is 25.6 Å². The first kappa shape index (κ1) is 22.5. The number of hydrogen-bond acceptors (Lipinski definition) is 5. The lowest BCUT2D eigenvalue weighted by molar-refractivity contribution is -0.136. The number of hydrogen-bond donors (Lipinski definition) is 1. The number of aliphatic carboxylic acids is 1. The van der Waals surface area contributed by atoms with E-state index >= 15 is 0 Å². The molecule has 32 heavy (non-hydrogen) atoms. The van der Waals surface area contributed by atoms with E-state index in [-0.39, 0.29) is 17.9 Å². The molecular formula is C25H22N2O5. The number of rotatable bonds is 9. The fourth-order valence-corrected chi connectivity index (χ4v) is 3.13. The van der Waals surface area contributed by atoms with Crippen LogP contribution in [0.5, 0.6) is 11.5 Å². The number of carbonyl (C=O) groups is 2. The molecular weight excluding hydrogens is 408 g/mol. The lowest BCUT2D eigenvalue weighted by atomic mass is 10.1. The second-order valence-corrected chi connectivity index (χ2v) is 6.96. The van der Waals surface area contributed by atoms with E-state index in [1.54, 1.807) is 36.4 Å². The SMILES string of the molecule is CON(CCc1ccccc1)C(=O)c1ccc(Oc2ccc(CC(=O)O)cc2C#N)cc1. The first-order chi connectivity index (χ1) is 15.5. The van der Waals surface area contributed by atoms with Crippen LogP contribution in [-0.2, 0) is 22.5 Å². The highest BCUT2D eigenvalue weighted by Crippen LogP contribution is 2.26. The molecule has 0 aliphatic carbocycles. The van der Waals surface area contributed by atoms with Crippen molar-refractivity contribution in [1.82, 2.24) is 5.06 Å². The van der Waals surface area contributed by atoms with Crippen LogP contribution in [0.2, 0.25) is 0 Å². The van der Waals surface area contributed by atoms with Crippen molar-refractivity contribution in [3.05, 3.63) is 95.1 Å². The van der Waals surface area contributed by atoms with Crippen molar-refractivity contribution in [3.63, 3.8) is 0 Å². The summed E-state index contributed by atoms with van der Waals surface area (Å²) in [5.74, 6) is -0.498. The third-order valence-electron chi connectivity index (χ3n) is 4.74. The van der Waals surface area contributed by atoms with Gasteiger partial charge in [0, 0.05) is 5.56 Å². The summed E-state index contributed by atoms with van der Waals surface area (Å²) in [4.78, 5) is 28.9. The molecule has 0 aliphatic rings. The molecule has 3 rings (SSSR count). The van der Waals surface area contributed by atoms with Gasteiger partial charge in [-0.1, -0.05) is 36.4 Å². The summed E-state index contributed by atoms with van der Waals surface area (Å²) >= 11 is 0. The van der Waals surface area contributed by atoms with Crippen LogP contribution in [0, 0.1) is 11.3 Å². The van der Waals surface area contributed by atoms with E-state index in [4.69, 9.17) is 14.7 Å². The monoisotopic (exact) mass is 430 g/mol. The molecule has 0 aromatic heterocycles. The number of carboxylic acid groups (broad SMARTS) is 1. The summed E-state index contributed by atoms with van der Waals surface area (Å²) in [7, 11) is 1.46. The lowest BCUT2D eigenvalue weighted by Crippen LogP contribution is -2.31. The van der Waals surface area contributed by atoms with Gasteiger partial charge in [-0.25, -0.2) is 5.06 Å². The molecule has 1 N–H and O–H groups in total. The Balaban J connectivity index is 1.67. The average molecular weight is 430 g/mol. The Labute approximate surface area is 186 Å². The molecule has 0 radical (unpaired) electrons. The zero-order valence-corrected chi connectivity index (χ0v) is 17.5. The highest BCUT2D eigenvalue weighted by molar-refractivity contribution is 5.93. The normalized spacial score (nSPS) is 10.2. The van der Waals surface area contributed by atoms with Gasteiger partial charge < -0.3 is 9.84 Å². The van der Waals surface area contributed by atoms with E-state index in [0.29, 0.717) is 35.6 Å². The Morgan fingerprint density at radius 2 is 1.72 bits per heavy atom. The van der Waals surface area contributed by atoms with Gasteiger partial charge in [-0.15, -0.1) is 0 Å². The molecule has 0 spiro atoms. The highest BCUT2D eigenvalue weighted by atomic mass is 16.7. The summed E-state index contributed by atoms with van der Waals surface area (Å²) in [6, 6.07) is 23.0. The quantitative estimate of drug-likeness (QED) is 0.510. The van der Waals surface area contributed by atoms with E-state index in [2.05, 4.69) is 0 Å². The number of nitriles is 1. The molecule has 0 aliphatic heterocycles. The van der Waals surface area contributed by atoms with Gasteiger partial charge >= 0.3 is 5.97 Å². The largest absolute Gasteiger partial charge is 0.481 e. The maximum Gasteiger partial charge on any atom is 0.307 e. The summed E-state index contributed by atoms with van der Waals surface area (Å²) in [6.45, 7) is 0.409. The number of amides is 1. The molecule has 162 valence electrons. The van der Waals surface area contributed by atoms with E-state index in [0.717, 1.165) is 5.56 Å². The standard InChI is InChI=1S/C25H22N2O5/c1-31-27(14-13-18-5-3-2-4-6-18)25(30)20-8-10-22(11-9-20)32-23-12-7-19(16-24(28)29)15-21(23)17-26/h2-12,15H,13-14,16H2,1H3,(H,28,29). The van der Waals surface area contributed by atoms with Crippen molar-refractivity contribution in [2.24, 2.45) is 0 Å². The van der Waals surface area contributed by atoms with Gasteiger partial charge in [-0.05, 0) is 53.9 Å². The van der Waals surface area contributed by atoms with E-state index in [1.807, 2.05) is 36.4 Å². The topological polar surface area (TPSA) is 99.9 Å². The summed E-state index contributed by atoms with van der Waals surface area (Å²) in [6.07, 6.45) is 0.489. The fraction of sp³-hybridized carbons (Fsp3) is 0.160. The fourth-order valence-electron chi connectivity index (χ4n) is 3.13. The first-order valence-electron chi connectivity index (χ1n) is 9.93. The third-order valence-corrected chi connectivity index (χ3v) is 4.74. The van der Waals surface area contributed by atoms with Gasteiger partial charge in [0.2, 0.25) is 0 Å². The number of nitrogens with zero attached hydrogens (tertiary/aromatic N) is 2. The molecule has 3 aromatic carbocycles. The molecule has 0 saturated carbocycles. The highest BCUT2D eigenvalue weighted by Gasteiger charge is 2.16. The maximum absolute atomic E-state index is 12.8. The van der Waals surface area contributed by atoms with E-state index in [9.17, 15) is 14.9 Å². The number of carbonyl (C=O) groups excluding carboxylic acids is 1. The van der Waals surface area contributed by atoms with Crippen LogP contribution in [-0.4, -0.2) is 35.7 Å². The number of carboxylic acids is 1. The van der Waals surface area contributed by atoms with Gasteiger partial charge in [-0.2, -0.15) is 5.26 Å². The number of benzene rings is 3. The third kappa shape index (κ3) is 5.94. The Morgan fingerprint density at radius 3 is 2.34 bits per heavy atom. The first-order valence-corrected chi connectivity index (χ1v) is 9.93. The smallest absolute Gasteiger partial charge is 0.307 e. The minimum atomic E-state index is -0.975. The maximum atomic E-state index is 12.8. The average Bonchev–Trinajstić information content (AvgIpc) is 2.81. The van der Waals surface area contributed by atoms with Crippen molar-refractivity contribution in [2.75, 3.05) is 13.7 Å². The van der Waals surface area contributed by atoms with Crippen LogP contribution >= 0.6 is 0 Å². The molecule has 7 nitrogen and oxygen atoms in total. The lowest BCUT2D eigenvalue weighted by Gasteiger charge is -2.20. The molecule has 0 fully saturated rings. The summed E-state index contributed by atoms with van der Waals surface area (Å²) < 4.78 is 5.76. The van der Waals surface area contributed by atoms with Gasteiger partial charge in [-0.3, -0.25) is 14.4 Å². The zero-order valence-electron chi connectivity index (χ0n) is 17.5. The molecule has 0 heterocycles. The van der Waals surface area contributed by atoms with Gasteiger partial charge in [0.1, 0.15) is 17.6 Å². The molecule has 1 amide bonds. The van der Waals surface area contributed by atoms with Crippen LogP contribution < -0.4 is 4.74 Å². The molecule has 0 saturated heterocycles. The summed E-state index contributed by atoms with van der Waals surface area (Å²) in [5, 5.41) is 19.6. The second-order valence-electron chi connectivity index (χ2n) is 6.96. The van der Waals surface area contributed by atoms with Crippen molar-refractivity contribution >= 4 is 11.9 Å². The van der Waals surface area contributed by atoms with Crippen molar-refractivity contribution in [2.45, 2.75) is 12.8 Å². The molecule has 0 bridgehead atoms. The molecule has 7 heteroatoms. The van der Waals surface area contributed by atoms with E-state index in [1.165, 1.54) is 18.2 Å².